The summed E-state index contributed by atoms with van der Waals surface area (Å²) in [5.41, 5.74) is 9.82. The molecule has 0 spiro atoms. The topological polar surface area (TPSA) is 90.6 Å². The number of amides is 1. The van der Waals surface area contributed by atoms with Crippen molar-refractivity contribution in [2.24, 2.45) is 11.7 Å². The number of benzene rings is 1. The first-order valence-corrected chi connectivity index (χ1v) is 13.1. The van der Waals surface area contributed by atoms with Gasteiger partial charge in [-0.05, 0) is 69.1 Å². The van der Waals surface area contributed by atoms with Crippen molar-refractivity contribution < 1.29 is 9.18 Å². The molecule has 5 rings (SSSR count). The van der Waals surface area contributed by atoms with Crippen LogP contribution in [0.5, 0.6) is 0 Å². The van der Waals surface area contributed by atoms with Gasteiger partial charge in [-0.1, -0.05) is 24.3 Å². The second-order valence-electron chi connectivity index (χ2n) is 9.94. The highest BCUT2D eigenvalue weighted by molar-refractivity contribution is 5.96. The molecular weight excluding hydrogens is 481 g/mol. The maximum absolute atomic E-state index is 15.0. The predicted octanol–water partition coefficient (Wildman–Crippen LogP) is 4.41. The molecule has 198 valence electrons. The Labute approximate surface area is 223 Å². The van der Waals surface area contributed by atoms with Crippen LogP contribution in [0.3, 0.4) is 0 Å². The Balaban J connectivity index is 1.35. The van der Waals surface area contributed by atoms with Crippen LogP contribution in [0.1, 0.15) is 24.8 Å². The third-order valence-corrected chi connectivity index (χ3v) is 7.26. The first kappa shape index (κ1) is 25.7. The Kier molecular flexibility index (Phi) is 7.55. The Morgan fingerprint density at radius 1 is 1.26 bits per heavy atom. The molecule has 1 aliphatic carbocycles. The first-order valence-electron chi connectivity index (χ1n) is 13.1. The highest BCUT2D eigenvalue weighted by Crippen LogP contribution is 2.38. The van der Waals surface area contributed by atoms with E-state index in [1.807, 2.05) is 42.5 Å². The summed E-state index contributed by atoms with van der Waals surface area (Å²) >= 11 is 0. The summed E-state index contributed by atoms with van der Waals surface area (Å²) in [4.78, 5) is 27.1. The average Bonchev–Trinajstić information content (AvgIpc) is 3.52. The quantitative estimate of drug-likeness (QED) is 0.504. The van der Waals surface area contributed by atoms with Gasteiger partial charge in [-0.25, -0.2) is 9.37 Å². The summed E-state index contributed by atoms with van der Waals surface area (Å²) in [6.45, 7) is 6.49. The molecule has 2 aliphatic heterocycles. The van der Waals surface area contributed by atoms with Crippen LogP contribution in [-0.4, -0.2) is 54.0 Å². The van der Waals surface area contributed by atoms with Crippen LogP contribution in [0.4, 0.5) is 27.5 Å². The normalized spacial score (nSPS) is 21.2. The molecular formula is C29H34FN7O. The van der Waals surface area contributed by atoms with E-state index in [4.69, 9.17) is 5.73 Å². The molecule has 3 N–H and O–H groups in total. The zero-order chi connectivity index (χ0) is 26.6. The highest BCUT2D eigenvalue weighted by Gasteiger charge is 2.34. The number of nitrogens with two attached hydrogens (primary N) is 1. The second kappa shape index (κ2) is 11.2. The molecule has 2 aromatic rings. The summed E-state index contributed by atoms with van der Waals surface area (Å²) in [6.07, 6.45) is 15.6. The van der Waals surface area contributed by atoms with Crippen LogP contribution in [0.25, 0.3) is 0 Å². The number of carbonyl (C=O) groups excluding carboxylic acids is 1. The van der Waals surface area contributed by atoms with Crippen molar-refractivity contribution >= 4 is 29.0 Å². The molecule has 3 aliphatic rings. The fraction of sp³-hybridized carbons (Fsp3) is 0.345. The Bertz CT molecular complexity index is 1330. The molecule has 1 unspecified atom stereocenters. The Morgan fingerprint density at radius 3 is 2.84 bits per heavy atom. The van der Waals surface area contributed by atoms with Crippen LogP contribution < -0.4 is 20.9 Å². The van der Waals surface area contributed by atoms with Crippen molar-refractivity contribution in [3.63, 3.8) is 0 Å². The van der Waals surface area contributed by atoms with Crippen LogP contribution >= 0.6 is 0 Å². The van der Waals surface area contributed by atoms with Crippen molar-refractivity contribution in [1.29, 1.82) is 0 Å². The number of anilines is 4. The molecule has 1 fully saturated rings. The van der Waals surface area contributed by atoms with E-state index in [0.717, 1.165) is 37.0 Å². The number of rotatable bonds is 8. The van der Waals surface area contributed by atoms with E-state index in [1.54, 1.807) is 11.1 Å². The number of likely N-dealkylation sites (N-methyl/N-ethyl adjacent to an activating group) is 1. The van der Waals surface area contributed by atoms with Crippen molar-refractivity contribution in [1.82, 2.24) is 14.9 Å². The highest BCUT2D eigenvalue weighted by atomic mass is 19.1. The van der Waals surface area contributed by atoms with E-state index in [0.29, 0.717) is 11.3 Å². The van der Waals surface area contributed by atoms with Gasteiger partial charge in [0.1, 0.15) is 0 Å². The number of halogens is 1. The SMILES string of the molecule is Cc1cc(Nc2ncc(F)c(N3C=C(C(N)=O)C4C=CC/C=C\C=C/43)n2)ccc1N(C)CCN1CCCC1. The zero-order valence-electron chi connectivity index (χ0n) is 21.9. The number of likely N-dealkylation sites (tertiary alicyclic amines) is 1. The van der Waals surface area contributed by atoms with Crippen molar-refractivity contribution in [3.05, 3.63) is 83.6 Å². The summed E-state index contributed by atoms with van der Waals surface area (Å²) in [5, 5.41) is 3.21. The van der Waals surface area contributed by atoms with Crippen LogP contribution in [0.2, 0.25) is 0 Å². The fourth-order valence-corrected chi connectivity index (χ4v) is 5.22. The van der Waals surface area contributed by atoms with Gasteiger partial charge < -0.3 is 25.8 Å². The number of carbonyl (C=O) groups is 1. The van der Waals surface area contributed by atoms with E-state index >= 15 is 4.39 Å². The summed E-state index contributed by atoms with van der Waals surface area (Å²) in [6, 6.07) is 6.10. The molecule has 0 radical (unpaired) electrons. The lowest BCUT2D eigenvalue weighted by Gasteiger charge is -2.25. The number of allylic oxidation sites excluding steroid dienone is 5. The number of nitrogens with zero attached hydrogens (tertiary/aromatic N) is 5. The molecule has 38 heavy (non-hydrogen) atoms. The lowest BCUT2D eigenvalue weighted by Crippen LogP contribution is -2.31. The summed E-state index contributed by atoms with van der Waals surface area (Å²) in [5.74, 6) is -1.20. The molecule has 1 saturated heterocycles. The molecule has 1 aromatic carbocycles. The second-order valence-corrected chi connectivity index (χ2v) is 9.94. The van der Waals surface area contributed by atoms with Crippen molar-refractivity contribution in [3.8, 4) is 0 Å². The van der Waals surface area contributed by atoms with Gasteiger partial charge >= 0.3 is 0 Å². The lowest BCUT2D eigenvalue weighted by atomic mass is 9.96. The maximum Gasteiger partial charge on any atom is 0.247 e. The van der Waals surface area contributed by atoms with Crippen molar-refractivity contribution in [2.75, 3.05) is 48.3 Å². The average molecular weight is 516 g/mol. The molecule has 0 bridgehead atoms. The minimum Gasteiger partial charge on any atom is -0.373 e. The number of fused-ring (bicyclic) bond motifs is 1. The van der Waals surface area contributed by atoms with Gasteiger partial charge in [-0.2, -0.15) is 4.98 Å². The molecule has 9 heteroatoms. The zero-order valence-corrected chi connectivity index (χ0v) is 21.9. The number of primary amides is 1. The standard InChI is InChI=1S/C29H34FN7O/c1-20-17-21(11-12-25(20)35(2)15-16-36-13-7-8-14-36)33-29-32-18-24(30)28(34-29)37-19-23(27(31)38)22-9-5-3-4-6-10-26(22)37/h4-6,9-12,17-19,22H,3,7-8,13-16H2,1-2H3,(H2,31,38)(H,32,33,34)/b6-4-,9-5?,26-10+. The minimum atomic E-state index is -0.599. The number of hydrogen-bond donors (Lipinski definition) is 2. The molecule has 8 nitrogen and oxygen atoms in total. The smallest absolute Gasteiger partial charge is 0.247 e. The Hall–Kier alpha value is -3.98. The van der Waals surface area contributed by atoms with Gasteiger partial charge in [0.2, 0.25) is 11.9 Å². The fourth-order valence-electron chi connectivity index (χ4n) is 5.22. The largest absolute Gasteiger partial charge is 0.373 e. The van der Waals surface area contributed by atoms with Gasteiger partial charge in [-0.15, -0.1) is 0 Å². The first-order chi connectivity index (χ1) is 18.4. The number of aryl methyl sites for hydroxylation is 1. The monoisotopic (exact) mass is 515 g/mol. The Morgan fingerprint density at radius 2 is 2.08 bits per heavy atom. The minimum absolute atomic E-state index is 0.0485. The third kappa shape index (κ3) is 5.47. The van der Waals surface area contributed by atoms with E-state index in [9.17, 15) is 4.79 Å². The van der Waals surface area contributed by atoms with Crippen molar-refractivity contribution in [2.45, 2.75) is 26.2 Å². The summed E-state index contributed by atoms with van der Waals surface area (Å²) < 4.78 is 15.0. The van der Waals surface area contributed by atoms with E-state index in [-0.39, 0.29) is 17.7 Å². The molecule has 1 atom stereocenters. The van der Waals surface area contributed by atoms with E-state index in [1.165, 1.54) is 31.6 Å². The van der Waals surface area contributed by atoms with Crippen LogP contribution in [0.15, 0.2) is 72.2 Å². The van der Waals surface area contributed by atoms with E-state index in [2.05, 4.69) is 45.1 Å². The lowest BCUT2D eigenvalue weighted by molar-refractivity contribution is -0.114. The van der Waals surface area contributed by atoms with Gasteiger partial charge in [0.05, 0.1) is 6.20 Å². The number of nitrogens with one attached hydrogen (secondary N) is 1. The maximum atomic E-state index is 15.0. The number of hydrogen-bond acceptors (Lipinski definition) is 7. The van der Waals surface area contributed by atoms with Gasteiger partial charge in [0.15, 0.2) is 11.6 Å². The van der Waals surface area contributed by atoms with E-state index < -0.39 is 11.7 Å². The molecule has 3 heterocycles. The molecule has 1 amide bonds. The van der Waals surface area contributed by atoms with Gasteiger partial charge in [0, 0.05) is 54.9 Å². The van der Waals surface area contributed by atoms with Crippen LogP contribution in [0, 0.1) is 18.7 Å². The number of aromatic nitrogens is 2. The van der Waals surface area contributed by atoms with Gasteiger partial charge in [0.25, 0.3) is 0 Å². The molecule has 0 saturated carbocycles. The van der Waals surface area contributed by atoms with Gasteiger partial charge in [-0.3, -0.25) is 4.79 Å². The third-order valence-electron chi connectivity index (χ3n) is 7.26. The predicted molar refractivity (Wildman–Crippen MR) is 150 cm³/mol. The summed E-state index contributed by atoms with van der Waals surface area (Å²) in [7, 11) is 2.12. The van der Waals surface area contributed by atoms with Crippen LogP contribution in [-0.2, 0) is 4.79 Å². The molecule has 1 aromatic heterocycles.